The van der Waals surface area contributed by atoms with Crippen LogP contribution < -0.4 is 0 Å². The first-order valence-electron chi connectivity index (χ1n) is 33.6. The second-order valence-corrected chi connectivity index (χ2v) is 22.7. The van der Waals surface area contributed by atoms with Crippen LogP contribution in [0.1, 0.15) is 361 Å². The van der Waals surface area contributed by atoms with E-state index in [1.807, 2.05) is 0 Å². The van der Waals surface area contributed by atoms with Crippen LogP contribution in [0.15, 0.2) is 48.6 Å². The molecule has 0 saturated heterocycles. The van der Waals surface area contributed by atoms with E-state index in [9.17, 15) is 14.4 Å². The molecule has 0 N–H and O–H groups in total. The number of carbonyl (C=O) groups is 3. The Morgan fingerprint density at radius 3 is 0.803 bits per heavy atom. The number of hydrogen-bond acceptors (Lipinski definition) is 6. The summed E-state index contributed by atoms with van der Waals surface area (Å²) < 4.78 is 16.9. The van der Waals surface area contributed by atoms with Gasteiger partial charge >= 0.3 is 17.9 Å². The van der Waals surface area contributed by atoms with Crippen LogP contribution in [0.3, 0.4) is 0 Å². The average molecular weight is 1070 g/mol. The SMILES string of the molecule is CCC/C=C\CCCCCCCC(=O)OCC(COC(=O)CCCCCCCCCCCCCCCCCCCCCCCCCCC)OC(=O)CCCCCCCCCC/C=C\C/C=C\C/C=C\CCCCCCC. The number of esters is 3. The Kier molecular flexibility index (Phi) is 62.6. The van der Waals surface area contributed by atoms with Gasteiger partial charge in [-0.25, -0.2) is 0 Å². The van der Waals surface area contributed by atoms with Crippen molar-refractivity contribution >= 4 is 17.9 Å². The molecule has 1 atom stereocenters. The Balaban J connectivity index is 4.19. The van der Waals surface area contributed by atoms with Crippen molar-refractivity contribution in [3.63, 3.8) is 0 Å². The molecule has 0 bridgehead atoms. The minimum atomic E-state index is -0.779. The van der Waals surface area contributed by atoms with Crippen LogP contribution >= 0.6 is 0 Å². The summed E-state index contributed by atoms with van der Waals surface area (Å²) in [6, 6.07) is 0. The van der Waals surface area contributed by atoms with Gasteiger partial charge in [0.2, 0.25) is 0 Å². The van der Waals surface area contributed by atoms with Crippen LogP contribution in [0.5, 0.6) is 0 Å². The smallest absolute Gasteiger partial charge is 0.306 e. The molecule has 0 amide bonds. The van der Waals surface area contributed by atoms with Crippen molar-refractivity contribution in [2.45, 2.75) is 367 Å². The van der Waals surface area contributed by atoms with Gasteiger partial charge in [-0.05, 0) is 77.0 Å². The highest BCUT2D eigenvalue weighted by molar-refractivity contribution is 5.71. The first-order chi connectivity index (χ1) is 37.5. The molecule has 6 heteroatoms. The Morgan fingerprint density at radius 1 is 0.263 bits per heavy atom. The van der Waals surface area contributed by atoms with E-state index in [0.717, 1.165) is 89.9 Å². The van der Waals surface area contributed by atoms with Gasteiger partial charge in [-0.15, -0.1) is 0 Å². The fourth-order valence-electron chi connectivity index (χ4n) is 9.99. The van der Waals surface area contributed by atoms with Crippen molar-refractivity contribution in [1.29, 1.82) is 0 Å². The molecule has 0 aliphatic carbocycles. The van der Waals surface area contributed by atoms with Gasteiger partial charge in [0.15, 0.2) is 6.10 Å². The zero-order valence-corrected chi connectivity index (χ0v) is 51.0. The molecule has 0 radical (unpaired) electrons. The molecule has 0 aliphatic rings. The van der Waals surface area contributed by atoms with Crippen LogP contribution in [0.2, 0.25) is 0 Å². The van der Waals surface area contributed by atoms with Crippen LogP contribution in [-0.2, 0) is 28.6 Å². The lowest BCUT2D eigenvalue weighted by atomic mass is 10.0. The molecule has 0 rings (SSSR count). The number of unbranched alkanes of at least 4 members (excludes halogenated alkanes) is 43. The number of ether oxygens (including phenoxy) is 3. The predicted octanol–water partition coefficient (Wildman–Crippen LogP) is 22.9. The van der Waals surface area contributed by atoms with E-state index in [1.165, 1.54) is 231 Å². The predicted molar refractivity (Wildman–Crippen MR) is 330 cm³/mol. The summed E-state index contributed by atoms with van der Waals surface area (Å²) >= 11 is 0. The molecule has 1 unspecified atom stereocenters. The Bertz CT molecular complexity index is 1310. The second kappa shape index (κ2) is 64.9. The molecule has 0 heterocycles. The molecule has 0 spiro atoms. The third-order valence-corrected chi connectivity index (χ3v) is 15.0. The second-order valence-electron chi connectivity index (χ2n) is 22.7. The summed E-state index contributed by atoms with van der Waals surface area (Å²) in [5.41, 5.74) is 0. The van der Waals surface area contributed by atoms with Crippen molar-refractivity contribution in [2.75, 3.05) is 13.2 Å². The highest BCUT2D eigenvalue weighted by Crippen LogP contribution is 2.18. The number of hydrogen-bond donors (Lipinski definition) is 0. The van der Waals surface area contributed by atoms with Crippen LogP contribution in [0.4, 0.5) is 0 Å². The number of allylic oxidation sites excluding steroid dienone is 8. The number of carbonyl (C=O) groups excluding carboxylic acids is 3. The molecule has 0 saturated carbocycles. The van der Waals surface area contributed by atoms with E-state index in [4.69, 9.17) is 14.2 Å². The van der Waals surface area contributed by atoms with Gasteiger partial charge in [-0.1, -0.05) is 313 Å². The molecule has 6 nitrogen and oxygen atoms in total. The first kappa shape index (κ1) is 73.4. The van der Waals surface area contributed by atoms with Crippen LogP contribution in [0.25, 0.3) is 0 Å². The Labute approximate surface area is 473 Å². The van der Waals surface area contributed by atoms with E-state index < -0.39 is 6.10 Å². The summed E-state index contributed by atoms with van der Waals surface area (Å²) in [5, 5.41) is 0. The fraction of sp³-hybridized carbons (Fsp3) is 0.843. The molecule has 0 aromatic carbocycles. The maximum absolute atomic E-state index is 12.9. The normalized spacial score (nSPS) is 12.3. The van der Waals surface area contributed by atoms with Crippen molar-refractivity contribution in [2.24, 2.45) is 0 Å². The topological polar surface area (TPSA) is 78.9 Å². The maximum Gasteiger partial charge on any atom is 0.306 e. The minimum Gasteiger partial charge on any atom is -0.462 e. The van der Waals surface area contributed by atoms with Gasteiger partial charge < -0.3 is 14.2 Å². The average Bonchev–Trinajstić information content (AvgIpc) is 3.42. The molecular weight excluding hydrogens is 937 g/mol. The van der Waals surface area contributed by atoms with Gasteiger partial charge in [0.1, 0.15) is 13.2 Å². The monoisotopic (exact) mass is 1060 g/mol. The maximum atomic E-state index is 12.9. The lowest BCUT2D eigenvalue weighted by Crippen LogP contribution is -2.30. The summed E-state index contributed by atoms with van der Waals surface area (Å²) in [4.78, 5) is 38.3. The molecule has 0 aromatic rings. The molecular formula is C70H128O6. The molecule has 0 aromatic heterocycles. The highest BCUT2D eigenvalue weighted by atomic mass is 16.6. The zero-order valence-electron chi connectivity index (χ0n) is 51.0. The van der Waals surface area contributed by atoms with E-state index in [-0.39, 0.29) is 31.1 Å². The summed E-state index contributed by atoms with van der Waals surface area (Å²) in [6.45, 7) is 6.61. The minimum absolute atomic E-state index is 0.0753. The van der Waals surface area contributed by atoms with Gasteiger partial charge in [0.05, 0.1) is 0 Å². The van der Waals surface area contributed by atoms with Crippen LogP contribution in [-0.4, -0.2) is 37.2 Å². The quantitative estimate of drug-likeness (QED) is 0.0261. The standard InChI is InChI=1S/C70H128O6/c1-4-7-10-13-16-19-22-24-26-28-30-32-34-35-37-38-40-42-44-46-48-51-54-57-60-63-69(72)75-66-67(65-74-68(71)62-59-56-53-50-21-18-15-12-9-6-3)76-70(73)64-61-58-55-52-49-47-45-43-41-39-36-33-31-29-27-25-23-20-17-14-11-8-5-2/h12,15,23,25,29,31,36,39,67H,4-11,13-14,16-22,24,26-28,30,32-35,37-38,40-66H2,1-3H3/b15-12-,25-23-,31-29-,39-36-. The van der Waals surface area contributed by atoms with Gasteiger partial charge in [-0.3, -0.25) is 14.4 Å². The number of rotatable bonds is 62. The van der Waals surface area contributed by atoms with E-state index in [0.29, 0.717) is 19.3 Å². The third kappa shape index (κ3) is 62.2. The summed E-state index contributed by atoms with van der Waals surface area (Å²) in [6.07, 6.45) is 81.4. The zero-order chi connectivity index (χ0) is 55.0. The lowest BCUT2D eigenvalue weighted by molar-refractivity contribution is -0.167. The van der Waals surface area contributed by atoms with Crippen LogP contribution in [0, 0.1) is 0 Å². The summed E-state index contributed by atoms with van der Waals surface area (Å²) in [7, 11) is 0. The van der Waals surface area contributed by atoms with Crippen molar-refractivity contribution < 1.29 is 28.6 Å². The third-order valence-electron chi connectivity index (χ3n) is 15.0. The molecule has 444 valence electrons. The van der Waals surface area contributed by atoms with Gasteiger partial charge in [0, 0.05) is 19.3 Å². The van der Waals surface area contributed by atoms with E-state index in [2.05, 4.69) is 69.4 Å². The summed E-state index contributed by atoms with van der Waals surface area (Å²) in [5.74, 6) is -0.873. The van der Waals surface area contributed by atoms with Crippen molar-refractivity contribution in [3.05, 3.63) is 48.6 Å². The molecule has 76 heavy (non-hydrogen) atoms. The van der Waals surface area contributed by atoms with E-state index >= 15 is 0 Å². The largest absolute Gasteiger partial charge is 0.462 e. The first-order valence-corrected chi connectivity index (χ1v) is 33.6. The highest BCUT2D eigenvalue weighted by Gasteiger charge is 2.19. The Morgan fingerprint density at radius 2 is 0.500 bits per heavy atom. The van der Waals surface area contributed by atoms with Gasteiger partial charge in [0.25, 0.3) is 0 Å². The Hall–Kier alpha value is -2.63. The van der Waals surface area contributed by atoms with E-state index in [1.54, 1.807) is 0 Å². The van der Waals surface area contributed by atoms with Crippen molar-refractivity contribution in [1.82, 2.24) is 0 Å². The van der Waals surface area contributed by atoms with Gasteiger partial charge in [-0.2, -0.15) is 0 Å². The molecule has 0 aliphatic heterocycles. The van der Waals surface area contributed by atoms with Crippen molar-refractivity contribution in [3.8, 4) is 0 Å². The fourth-order valence-corrected chi connectivity index (χ4v) is 9.99. The molecule has 0 fully saturated rings. The lowest BCUT2D eigenvalue weighted by Gasteiger charge is -2.18.